The SMILES string of the molecule is NC(=O)c1cn(-c2ccc3cccnc3n2)c2c1C(=O)CCC2. The van der Waals surface area contributed by atoms with Gasteiger partial charge in [-0.25, -0.2) is 9.97 Å². The van der Waals surface area contributed by atoms with E-state index in [0.717, 1.165) is 23.9 Å². The van der Waals surface area contributed by atoms with Gasteiger partial charge in [0.05, 0.1) is 11.1 Å². The molecule has 1 amide bonds. The first-order valence-electron chi connectivity index (χ1n) is 7.44. The summed E-state index contributed by atoms with van der Waals surface area (Å²) in [5, 5.41) is 0.934. The van der Waals surface area contributed by atoms with E-state index in [1.54, 1.807) is 17.0 Å². The van der Waals surface area contributed by atoms with E-state index in [1.807, 2.05) is 24.3 Å². The number of fused-ring (bicyclic) bond motifs is 2. The van der Waals surface area contributed by atoms with Crippen LogP contribution < -0.4 is 5.73 Å². The molecule has 0 bridgehead atoms. The number of rotatable bonds is 2. The predicted octanol–water partition coefficient (Wildman–Crippen LogP) is 2.04. The average molecular weight is 306 g/mol. The second-order valence-electron chi connectivity index (χ2n) is 5.60. The number of hydrogen-bond acceptors (Lipinski definition) is 4. The van der Waals surface area contributed by atoms with Crippen LogP contribution in [0, 0.1) is 0 Å². The topological polar surface area (TPSA) is 90.9 Å². The van der Waals surface area contributed by atoms with E-state index in [0.29, 0.717) is 23.4 Å². The number of amides is 1. The van der Waals surface area contributed by atoms with E-state index in [4.69, 9.17) is 5.73 Å². The summed E-state index contributed by atoms with van der Waals surface area (Å²) >= 11 is 0. The highest BCUT2D eigenvalue weighted by molar-refractivity contribution is 6.09. The molecule has 0 radical (unpaired) electrons. The molecule has 0 saturated heterocycles. The Kier molecular flexibility index (Phi) is 2.97. The number of ketones is 1. The third kappa shape index (κ3) is 2.11. The number of aromatic nitrogens is 3. The van der Waals surface area contributed by atoms with Crippen LogP contribution in [0.3, 0.4) is 0 Å². The quantitative estimate of drug-likeness (QED) is 0.784. The summed E-state index contributed by atoms with van der Waals surface area (Å²) in [4.78, 5) is 32.7. The van der Waals surface area contributed by atoms with E-state index in [1.165, 1.54) is 0 Å². The zero-order valence-corrected chi connectivity index (χ0v) is 12.3. The maximum atomic E-state index is 12.2. The summed E-state index contributed by atoms with van der Waals surface area (Å²) in [5.41, 5.74) is 7.59. The van der Waals surface area contributed by atoms with Crippen LogP contribution in [0.1, 0.15) is 39.3 Å². The van der Waals surface area contributed by atoms with Crippen molar-refractivity contribution >= 4 is 22.7 Å². The Labute approximate surface area is 132 Å². The van der Waals surface area contributed by atoms with Crippen LogP contribution in [0.5, 0.6) is 0 Å². The van der Waals surface area contributed by atoms with Gasteiger partial charge < -0.3 is 10.3 Å². The molecule has 0 saturated carbocycles. The van der Waals surface area contributed by atoms with Crippen molar-refractivity contribution in [3.05, 3.63) is 53.5 Å². The van der Waals surface area contributed by atoms with E-state index in [-0.39, 0.29) is 11.3 Å². The molecule has 6 nitrogen and oxygen atoms in total. The second-order valence-corrected chi connectivity index (χ2v) is 5.60. The van der Waals surface area contributed by atoms with Crippen molar-refractivity contribution in [2.75, 3.05) is 0 Å². The first-order chi connectivity index (χ1) is 11.1. The standard InChI is InChI=1S/C17H14N4O2/c18-16(23)11-9-21(12-4-1-5-13(22)15(11)12)14-7-6-10-3-2-8-19-17(10)20-14/h2-3,6-9H,1,4-5H2,(H2,18,23). The molecule has 0 spiro atoms. The van der Waals surface area contributed by atoms with Crippen LogP contribution in [0.4, 0.5) is 0 Å². The lowest BCUT2D eigenvalue weighted by atomic mass is 9.93. The van der Waals surface area contributed by atoms with Crippen molar-refractivity contribution in [3.8, 4) is 5.82 Å². The fourth-order valence-electron chi connectivity index (χ4n) is 3.11. The van der Waals surface area contributed by atoms with Gasteiger partial charge in [0.1, 0.15) is 5.82 Å². The van der Waals surface area contributed by atoms with Crippen LogP contribution in [-0.2, 0) is 6.42 Å². The third-order valence-electron chi connectivity index (χ3n) is 4.16. The largest absolute Gasteiger partial charge is 0.366 e. The minimum absolute atomic E-state index is 0.0299. The number of Topliss-reactive ketones (excluding diaryl/α,β-unsaturated/α-hetero) is 1. The number of carbonyl (C=O) groups is 2. The van der Waals surface area contributed by atoms with Gasteiger partial charge in [-0.15, -0.1) is 0 Å². The van der Waals surface area contributed by atoms with Gasteiger partial charge in [-0.2, -0.15) is 0 Å². The van der Waals surface area contributed by atoms with Gasteiger partial charge in [0.15, 0.2) is 11.4 Å². The average Bonchev–Trinajstić information content (AvgIpc) is 2.96. The van der Waals surface area contributed by atoms with Gasteiger partial charge in [0, 0.05) is 29.9 Å². The number of primary amides is 1. The summed E-state index contributed by atoms with van der Waals surface area (Å²) in [6, 6.07) is 7.56. The van der Waals surface area contributed by atoms with Crippen LogP contribution >= 0.6 is 0 Å². The Morgan fingerprint density at radius 3 is 2.91 bits per heavy atom. The van der Waals surface area contributed by atoms with Gasteiger partial charge in [0.2, 0.25) is 0 Å². The van der Waals surface area contributed by atoms with Crippen molar-refractivity contribution in [1.29, 1.82) is 0 Å². The molecule has 114 valence electrons. The van der Waals surface area contributed by atoms with Crippen molar-refractivity contribution in [1.82, 2.24) is 14.5 Å². The molecule has 2 N–H and O–H groups in total. The smallest absolute Gasteiger partial charge is 0.251 e. The Bertz CT molecular complexity index is 958. The van der Waals surface area contributed by atoms with Gasteiger partial charge in [-0.3, -0.25) is 9.59 Å². The molecule has 3 aromatic rings. The zero-order valence-electron chi connectivity index (χ0n) is 12.3. The summed E-state index contributed by atoms with van der Waals surface area (Å²) in [7, 11) is 0. The Hall–Kier alpha value is -3.02. The molecular formula is C17H14N4O2. The monoisotopic (exact) mass is 306 g/mol. The molecule has 0 atom stereocenters. The molecule has 1 aliphatic carbocycles. The summed E-state index contributed by atoms with van der Waals surface area (Å²) in [5.74, 6) is 0.0153. The molecule has 0 unspecified atom stereocenters. The Morgan fingerprint density at radius 2 is 2.09 bits per heavy atom. The van der Waals surface area contributed by atoms with Crippen LogP contribution in [-0.4, -0.2) is 26.2 Å². The van der Waals surface area contributed by atoms with Crippen molar-refractivity contribution < 1.29 is 9.59 Å². The van der Waals surface area contributed by atoms with E-state index in [2.05, 4.69) is 9.97 Å². The summed E-state index contributed by atoms with van der Waals surface area (Å²) < 4.78 is 1.79. The highest BCUT2D eigenvalue weighted by atomic mass is 16.1. The lowest BCUT2D eigenvalue weighted by Crippen LogP contribution is -2.18. The molecule has 1 aliphatic rings. The lowest BCUT2D eigenvalue weighted by Gasteiger charge is -2.14. The van der Waals surface area contributed by atoms with Crippen molar-refractivity contribution in [3.63, 3.8) is 0 Å². The third-order valence-corrected chi connectivity index (χ3v) is 4.16. The van der Waals surface area contributed by atoms with Crippen LogP contribution in [0.25, 0.3) is 16.9 Å². The normalized spacial score (nSPS) is 14.0. The lowest BCUT2D eigenvalue weighted by molar-refractivity contribution is 0.0950. The number of carbonyl (C=O) groups excluding carboxylic acids is 2. The molecule has 0 fully saturated rings. The van der Waals surface area contributed by atoms with Gasteiger partial charge >= 0.3 is 0 Å². The molecule has 6 heteroatoms. The van der Waals surface area contributed by atoms with E-state index >= 15 is 0 Å². The minimum Gasteiger partial charge on any atom is -0.366 e. The number of nitrogens with zero attached hydrogens (tertiary/aromatic N) is 3. The Morgan fingerprint density at radius 1 is 1.22 bits per heavy atom. The van der Waals surface area contributed by atoms with Crippen molar-refractivity contribution in [2.45, 2.75) is 19.3 Å². The molecule has 0 aromatic carbocycles. The molecule has 4 rings (SSSR count). The molecule has 23 heavy (non-hydrogen) atoms. The molecule has 3 heterocycles. The maximum Gasteiger partial charge on any atom is 0.251 e. The first kappa shape index (κ1) is 13.6. The van der Waals surface area contributed by atoms with E-state index < -0.39 is 5.91 Å². The fraction of sp³-hybridized carbons (Fsp3) is 0.176. The number of pyridine rings is 2. The molecule has 0 aliphatic heterocycles. The van der Waals surface area contributed by atoms with Crippen LogP contribution in [0.2, 0.25) is 0 Å². The second kappa shape index (κ2) is 5.01. The molecule has 3 aromatic heterocycles. The predicted molar refractivity (Wildman–Crippen MR) is 84.7 cm³/mol. The van der Waals surface area contributed by atoms with Gasteiger partial charge in [0.25, 0.3) is 5.91 Å². The zero-order chi connectivity index (χ0) is 16.0. The molecular weight excluding hydrogens is 292 g/mol. The van der Waals surface area contributed by atoms with E-state index in [9.17, 15) is 9.59 Å². The van der Waals surface area contributed by atoms with Crippen LogP contribution in [0.15, 0.2) is 36.7 Å². The number of hydrogen-bond donors (Lipinski definition) is 1. The minimum atomic E-state index is -0.589. The van der Waals surface area contributed by atoms with Crippen molar-refractivity contribution in [2.24, 2.45) is 5.73 Å². The van der Waals surface area contributed by atoms with Gasteiger partial charge in [-0.05, 0) is 37.1 Å². The fourth-order valence-corrected chi connectivity index (χ4v) is 3.11. The highest BCUT2D eigenvalue weighted by Gasteiger charge is 2.28. The number of nitrogens with two attached hydrogens (primary N) is 1. The summed E-state index contributed by atoms with van der Waals surface area (Å²) in [6.07, 6.45) is 5.23. The highest BCUT2D eigenvalue weighted by Crippen LogP contribution is 2.28. The van der Waals surface area contributed by atoms with Gasteiger partial charge in [-0.1, -0.05) is 0 Å². The maximum absolute atomic E-state index is 12.2. The first-order valence-corrected chi connectivity index (χ1v) is 7.44. The summed E-state index contributed by atoms with van der Waals surface area (Å²) in [6.45, 7) is 0. The Balaban J connectivity index is 1.95.